The van der Waals surface area contributed by atoms with Gasteiger partial charge in [0.2, 0.25) is 10.0 Å². The molecule has 8 heteroatoms. The van der Waals surface area contributed by atoms with Crippen molar-refractivity contribution in [2.24, 2.45) is 0 Å². The van der Waals surface area contributed by atoms with Crippen molar-refractivity contribution >= 4 is 39.2 Å². The molecule has 142 valence electrons. The highest BCUT2D eigenvalue weighted by Crippen LogP contribution is 2.37. The number of aryl methyl sites for hydroxylation is 2. The van der Waals surface area contributed by atoms with E-state index in [2.05, 4.69) is 4.72 Å². The zero-order valence-corrected chi connectivity index (χ0v) is 16.9. The second-order valence-corrected chi connectivity index (χ2v) is 8.81. The quantitative estimate of drug-likeness (QED) is 0.736. The van der Waals surface area contributed by atoms with Gasteiger partial charge in [-0.05, 0) is 31.5 Å². The van der Waals surface area contributed by atoms with E-state index in [9.17, 15) is 13.2 Å². The van der Waals surface area contributed by atoms with Gasteiger partial charge < -0.3 is 4.74 Å². The van der Waals surface area contributed by atoms with E-state index >= 15 is 0 Å². The van der Waals surface area contributed by atoms with E-state index in [1.807, 2.05) is 19.9 Å². The van der Waals surface area contributed by atoms with Gasteiger partial charge in [-0.1, -0.05) is 70.7 Å². The molecule has 3 rings (SSSR count). The molecule has 0 amide bonds. The monoisotopic (exact) mass is 425 g/mol. The third-order valence-corrected chi connectivity index (χ3v) is 6.51. The molecule has 0 bridgehead atoms. The van der Waals surface area contributed by atoms with Crippen LogP contribution in [0.2, 0.25) is 0 Å². The van der Waals surface area contributed by atoms with Crippen molar-refractivity contribution in [3.8, 4) is 0 Å². The van der Waals surface area contributed by atoms with E-state index in [1.165, 1.54) is 12.1 Å². The zero-order valence-electron chi connectivity index (χ0n) is 14.6. The van der Waals surface area contributed by atoms with E-state index < -0.39 is 28.1 Å². The lowest BCUT2D eigenvalue weighted by atomic mass is 10.0. The predicted molar refractivity (Wildman–Crippen MR) is 104 cm³/mol. The highest BCUT2D eigenvalue weighted by molar-refractivity contribution is 7.89. The molecule has 0 radical (unpaired) electrons. The largest absolute Gasteiger partial charge is 0.450 e. The Balaban J connectivity index is 2.03. The van der Waals surface area contributed by atoms with Crippen LogP contribution in [0.1, 0.15) is 22.7 Å². The normalized spacial score (nSPS) is 18.5. The molecule has 1 aliphatic rings. The number of rotatable bonds is 5. The molecular weight excluding hydrogens is 409 g/mol. The fraction of sp³-hybridized carbons (Fsp3) is 0.211. The van der Waals surface area contributed by atoms with Gasteiger partial charge in [-0.25, -0.2) is 13.2 Å². The van der Waals surface area contributed by atoms with Gasteiger partial charge in [-0.15, -0.1) is 0 Å². The summed E-state index contributed by atoms with van der Waals surface area (Å²) in [7, 11) is -3.90. The zero-order chi connectivity index (χ0) is 19.8. The maximum absolute atomic E-state index is 12.9. The summed E-state index contributed by atoms with van der Waals surface area (Å²) in [5.41, 5.74) is 2.46. The van der Waals surface area contributed by atoms with Crippen LogP contribution in [-0.2, 0) is 19.6 Å². The Kier molecular flexibility index (Phi) is 5.63. The summed E-state index contributed by atoms with van der Waals surface area (Å²) in [5, 5.41) is -0.270. The Bertz CT molecular complexity index is 1020. The van der Waals surface area contributed by atoms with Crippen molar-refractivity contribution in [2.75, 3.05) is 0 Å². The van der Waals surface area contributed by atoms with Gasteiger partial charge in [-0.2, -0.15) is 4.72 Å². The lowest BCUT2D eigenvalue weighted by Crippen LogP contribution is -2.37. The maximum Gasteiger partial charge on any atom is 0.351 e. The van der Waals surface area contributed by atoms with Gasteiger partial charge in [-0.3, -0.25) is 0 Å². The summed E-state index contributed by atoms with van der Waals surface area (Å²) < 4.78 is 33.6. The number of ether oxygens (including phenoxy) is 1. The van der Waals surface area contributed by atoms with Gasteiger partial charge >= 0.3 is 5.97 Å². The molecule has 0 saturated heterocycles. The van der Waals surface area contributed by atoms with Crippen molar-refractivity contribution in [3.05, 3.63) is 75.3 Å². The van der Waals surface area contributed by atoms with Gasteiger partial charge in [0.15, 0.2) is 6.10 Å². The molecule has 2 atom stereocenters. The summed E-state index contributed by atoms with van der Waals surface area (Å²) in [6.07, 6.45) is -1.05. The summed E-state index contributed by atoms with van der Waals surface area (Å²) in [6, 6.07) is 12.7. The molecule has 2 aromatic carbocycles. The first-order valence-corrected chi connectivity index (χ1v) is 10.3. The van der Waals surface area contributed by atoms with Crippen LogP contribution in [0.5, 0.6) is 0 Å². The number of esters is 1. The van der Waals surface area contributed by atoms with Crippen LogP contribution in [0.3, 0.4) is 0 Å². The van der Waals surface area contributed by atoms with Gasteiger partial charge in [0, 0.05) is 0 Å². The third-order valence-electron chi connectivity index (χ3n) is 4.19. The SMILES string of the molecule is Cc1ccc(S(=O)(=O)N[C@H](c2cccc(C)c2)[C@@H]2OC(=O)C(Cl)=C2Cl)cc1. The summed E-state index contributed by atoms with van der Waals surface area (Å²) in [4.78, 5) is 11.9. The summed E-state index contributed by atoms with van der Waals surface area (Å²) in [5.74, 6) is -0.779. The van der Waals surface area contributed by atoms with Gasteiger partial charge in [0.1, 0.15) is 5.03 Å². The number of benzene rings is 2. The number of sulfonamides is 1. The molecule has 0 saturated carbocycles. The van der Waals surface area contributed by atoms with Crippen LogP contribution in [0.25, 0.3) is 0 Å². The number of cyclic esters (lactones) is 1. The van der Waals surface area contributed by atoms with Crippen LogP contribution in [-0.4, -0.2) is 20.5 Å². The lowest BCUT2D eigenvalue weighted by molar-refractivity contribution is -0.140. The average molecular weight is 426 g/mol. The van der Waals surface area contributed by atoms with Crippen molar-refractivity contribution < 1.29 is 17.9 Å². The Morgan fingerprint density at radius 2 is 1.70 bits per heavy atom. The number of hydrogen-bond donors (Lipinski definition) is 1. The smallest absolute Gasteiger partial charge is 0.351 e. The molecule has 0 aliphatic carbocycles. The molecule has 27 heavy (non-hydrogen) atoms. The van der Waals surface area contributed by atoms with Crippen molar-refractivity contribution in [1.29, 1.82) is 0 Å². The minimum Gasteiger partial charge on any atom is -0.450 e. The number of nitrogens with one attached hydrogen (secondary N) is 1. The maximum atomic E-state index is 12.9. The molecule has 0 unspecified atom stereocenters. The van der Waals surface area contributed by atoms with Crippen LogP contribution >= 0.6 is 23.2 Å². The second kappa shape index (κ2) is 7.64. The molecule has 5 nitrogen and oxygen atoms in total. The second-order valence-electron chi connectivity index (χ2n) is 6.31. The fourth-order valence-electron chi connectivity index (χ4n) is 2.78. The van der Waals surface area contributed by atoms with E-state index in [-0.39, 0.29) is 15.0 Å². The van der Waals surface area contributed by atoms with E-state index in [1.54, 1.807) is 30.3 Å². The highest BCUT2D eigenvalue weighted by atomic mass is 35.5. The minimum atomic E-state index is -3.90. The summed E-state index contributed by atoms with van der Waals surface area (Å²) in [6.45, 7) is 3.74. The molecule has 1 heterocycles. The Labute approximate surface area is 168 Å². The topological polar surface area (TPSA) is 72.5 Å². The molecular formula is C19H17Cl2NO4S. The number of carbonyl (C=O) groups is 1. The average Bonchev–Trinajstić information content (AvgIpc) is 2.87. The van der Waals surface area contributed by atoms with Crippen LogP contribution < -0.4 is 4.72 Å². The van der Waals surface area contributed by atoms with E-state index in [4.69, 9.17) is 27.9 Å². The number of carbonyl (C=O) groups excluding carboxylic acids is 1. The molecule has 1 aliphatic heterocycles. The number of halogens is 2. The van der Waals surface area contributed by atoms with Crippen molar-refractivity contribution in [2.45, 2.75) is 30.9 Å². The molecule has 0 fully saturated rings. The fourth-order valence-corrected chi connectivity index (χ4v) is 4.40. The van der Waals surface area contributed by atoms with Crippen molar-refractivity contribution in [1.82, 2.24) is 4.72 Å². The first-order valence-electron chi connectivity index (χ1n) is 8.11. The minimum absolute atomic E-state index is 0.0280. The standard InChI is InChI=1S/C19H17Cl2NO4S/c1-11-6-8-14(9-7-11)27(24,25)22-17(13-5-3-4-12(2)10-13)18-15(20)16(21)19(23)26-18/h3-10,17-18,22H,1-2H3/t17-,18-/m1/s1. The first kappa shape index (κ1) is 19.9. The Hall–Kier alpha value is -1.86. The predicted octanol–water partition coefficient (Wildman–Crippen LogP) is 3.94. The Morgan fingerprint density at radius 1 is 1.04 bits per heavy atom. The third kappa shape index (κ3) is 4.19. The number of hydrogen-bond acceptors (Lipinski definition) is 4. The van der Waals surface area contributed by atoms with Crippen LogP contribution in [0.4, 0.5) is 0 Å². The molecule has 2 aromatic rings. The van der Waals surface area contributed by atoms with Gasteiger partial charge in [0.05, 0.1) is 16.0 Å². The molecule has 0 spiro atoms. The van der Waals surface area contributed by atoms with Gasteiger partial charge in [0.25, 0.3) is 0 Å². The summed E-state index contributed by atoms with van der Waals surface area (Å²) >= 11 is 12.0. The highest BCUT2D eigenvalue weighted by Gasteiger charge is 2.40. The van der Waals surface area contributed by atoms with Crippen LogP contribution in [0.15, 0.2) is 63.5 Å². The first-order chi connectivity index (χ1) is 12.7. The van der Waals surface area contributed by atoms with Crippen LogP contribution in [0, 0.1) is 13.8 Å². The Morgan fingerprint density at radius 3 is 2.26 bits per heavy atom. The molecule has 0 aromatic heterocycles. The lowest BCUT2D eigenvalue weighted by Gasteiger charge is -2.25. The molecule has 1 N–H and O–H groups in total. The van der Waals surface area contributed by atoms with E-state index in [0.29, 0.717) is 5.56 Å². The van der Waals surface area contributed by atoms with Crippen molar-refractivity contribution in [3.63, 3.8) is 0 Å². The van der Waals surface area contributed by atoms with E-state index in [0.717, 1.165) is 11.1 Å².